The van der Waals surface area contributed by atoms with Crippen molar-refractivity contribution in [3.8, 4) is 5.75 Å². The number of carbonyl (C=O) groups excluding carboxylic acids is 1. The maximum Gasteiger partial charge on any atom is 0.281 e. The number of amides is 1. The number of aryl methyl sites for hydroxylation is 1. The number of hydrogen-bond donors (Lipinski definition) is 0. The number of hydrazone groups is 1. The van der Waals surface area contributed by atoms with Gasteiger partial charge in [0.1, 0.15) is 5.75 Å². The van der Waals surface area contributed by atoms with Crippen LogP contribution in [0.3, 0.4) is 0 Å². The molecule has 1 aliphatic carbocycles. The predicted molar refractivity (Wildman–Crippen MR) is 142 cm³/mol. The van der Waals surface area contributed by atoms with Crippen molar-refractivity contribution in [1.29, 1.82) is 0 Å². The molecule has 2 unspecified atom stereocenters. The summed E-state index contributed by atoms with van der Waals surface area (Å²) in [5, 5.41) is 7.91. The van der Waals surface area contributed by atoms with Gasteiger partial charge in [0.05, 0.1) is 11.8 Å². The highest BCUT2D eigenvalue weighted by atomic mass is 35.5. The average Bonchev–Trinajstić information content (AvgIpc) is 3.25. The molecule has 1 heterocycles. The minimum atomic E-state index is -0.190. The molecule has 0 bridgehead atoms. The summed E-state index contributed by atoms with van der Waals surface area (Å²) in [6.07, 6.45) is 5.09. The largest absolute Gasteiger partial charge is 0.484 e. The lowest BCUT2D eigenvalue weighted by Gasteiger charge is -2.29. The van der Waals surface area contributed by atoms with Crippen LogP contribution in [-0.4, -0.2) is 23.2 Å². The number of benzene rings is 3. The highest BCUT2D eigenvalue weighted by Gasteiger charge is 2.43. The third-order valence-electron chi connectivity index (χ3n) is 6.53. The smallest absolute Gasteiger partial charge is 0.281 e. The van der Waals surface area contributed by atoms with Gasteiger partial charge in [0, 0.05) is 16.0 Å². The topological polar surface area (TPSA) is 41.9 Å². The monoisotopic (exact) mass is 504 g/mol. The van der Waals surface area contributed by atoms with Gasteiger partial charge in [-0.2, -0.15) is 5.10 Å². The molecule has 1 amide bonds. The van der Waals surface area contributed by atoms with E-state index in [0.29, 0.717) is 15.8 Å². The third-order valence-corrected chi connectivity index (χ3v) is 7.04. The van der Waals surface area contributed by atoms with Crippen molar-refractivity contribution in [1.82, 2.24) is 5.01 Å². The van der Waals surface area contributed by atoms with Crippen LogP contribution in [0.25, 0.3) is 6.08 Å². The van der Waals surface area contributed by atoms with Crippen LogP contribution in [0.1, 0.15) is 42.0 Å². The van der Waals surface area contributed by atoms with Crippen molar-refractivity contribution in [2.45, 2.75) is 32.2 Å². The maximum absolute atomic E-state index is 13.4. The lowest BCUT2D eigenvalue weighted by Crippen LogP contribution is -2.34. The summed E-state index contributed by atoms with van der Waals surface area (Å²) in [6, 6.07) is 23.0. The summed E-state index contributed by atoms with van der Waals surface area (Å²) in [5.41, 5.74) is 5.32. The van der Waals surface area contributed by atoms with E-state index < -0.39 is 0 Å². The fourth-order valence-electron chi connectivity index (χ4n) is 4.88. The maximum atomic E-state index is 13.4. The van der Waals surface area contributed by atoms with Crippen LogP contribution in [0.2, 0.25) is 10.0 Å². The van der Waals surface area contributed by atoms with E-state index in [1.165, 1.54) is 0 Å². The predicted octanol–water partition coefficient (Wildman–Crippen LogP) is 7.50. The van der Waals surface area contributed by atoms with Gasteiger partial charge in [-0.05, 0) is 90.9 Å². The van der Waals surface area contributed by atoms with Crippen LogP contribution < -0.4 is 4.74 Å². The van der Waals surface area contributed by atoms with Crippen LogP contribution in [0, 0.1) is 12.8 Å². The number of halogens is 2. The second kappa shape index (κ2) is 10.3. The number of allylic oxidation sites excluding steroid dienone is 1. The van der Waals surface area contributed by atoms with Crippen LogP contribution in [-0.2, 0) is 4.79 Å². The molecule has 1 aliphatic heterocycles. The molecule has 2 aliphatic rings. The standard InChI is InChI=1S/C29H26Cl2N2O2/c1-19-4-2-6-25(16-19)35-18-27(34)33-29(21-10-14-24(31)15-11-21)26-7-3-5-22(28(26)32-33)17-20-8-12-23(30)13-9-20/h2,4,6,8-17,26,29H,3,5,7,18H2,1H3/b22-17-. The molecule has 1 fully saturated rings. The Bertz CT molecular complexity index is 1280. The molecule has 0 aromatic heterocycles. The lowest BCUT2D eigenvalue weighted by atomic mass is 9.77. The number of hydrogen-bond acceptors (Lipinski definition) is 3. The molecule has 0 radical (unpaired) electrons. The highest BCUT2D eigenvalue weighted by Crippen LogP contribution is 2.44. The van der Waals surface area contributed by atoms with E-state index in [1.54, 1.807) is 5.01 Å². The van der Waals surface area contributed by atoms with Gasteiger partial charge in [0.2, 0.25) is 0 Å². The van der Waals surface area contributed by atoms with E-state index in [4.69, 9.17) is 33.0 Å². The summed E-state index contributed by atoms with van der Waals surface area (Å²) >= 11 is 12.2. The molecule has 3 aromatic carbocycles. The van der Waals surface area contributed by atoms with Crippen LogP contribution >= 0.6 is 23.2 Å². The van der Waals surface area contributed by atoms with E-state index in [0.717, 1.165) is 47.2 Å². The number of carbonyl (C=O) groups is 1. The summed E-state index contributed by atoms with van der Waals surface area (Å²) in [5.74, 6) is 0.625. The Morgan fingerprint density at radius 2 is 1.77 bits per heavy atom. The lowest BCUT2D eigenvalue weighted by molar-refractivity contribution is -0.135. The Balaban J connectivity index is 1.46. The molecule has 5 rings (SSSR count). The van der Waals surface area contributed by atoms with Gasteiger partial charge in [-0.15, -0.1) is 0 Å². The molecule has 4 nitrogen and oxygen atoms in total. The minimum Gasteiger partial charge on any atom is -0.484 e. The first-order chi connectivity index (χ1) is 17.0. The SMILES string of the molecule is Cc1cccc(OCC(=O)N2N=C3/C(=C\c4ccc(Cl)cc4)CCCC3C2c2ccc(Cl)cc2)c1. The van der Waals surface area contributed by atoms with E-state index >= 15 is 0 Å². The Morgan fingerprint density at radius 1 is 1.06 bits per heavy atom. The molecule has 0 spiro atoms. The first-order valence-corrected chi connectivity index (χ1v) is 12.6. The van der Waals surface area contributed by atoms with Gasteiger partial charge < -0.3 is 4.74 Å². The Morgan fingerprint density at radius 3 is 2.49 bits per heavy atom. The molecule has 35 heavy (non-hydrogen) atoms. The van der Waals surface area contributed by atoms with Crippen LogP contribution in [0.4, 0.5) is 0 Å². The number of ether oxygens (including phenoxy) is 1. The molecule has 3 aromatic rings. The zero-order valence-electron chi connectivity index (χ0n) is 19.5. The van der Waals surface area contributed by atoms with Crippen molar-refractivity contribution in [3.05, 3.63) is 105 Å². The summed E-state index contributed by atoms with van der Waals surface area (Å²) in [4.78, 5) is 13.4. The summed E-state index contributed by atoms with van der Waals surface area (Å²) < 4.78 is 5.84. The molecule has 0 N–H and O–H groups in total. The zero-order chi connectivity index (χ0) is 24.4. The average molecular weight is 505 g/mol. The normalized spacial score (nSPS) is 20.5. The number of nitrogens with zero attached hydrogens (tertiary/aromatic N) is 2. The third kappa shape index (κ3) is 5.29. The highest BCUT2D eigenvalue weighted by molar-refractivity contribution is 6.30. The van der Waals surface area contributed by atoms with Crippen molar-refractivity contribution in [3.63, 3.8) is 0 Å². The van der Waals surface area contributed by atoms with E-state index in [2.05, 4.69) is 6.08 Å². The van der Waals surface area contributed by atoms with Crippen LogP contribution in [0.5, 0.6) is 5.75 Å². The number of fused-ring (bicyclic) bond motifs is 1. The van der Waals surface area contributed by atoms with Crippen molar-refractivity contribution < 1.29 is 9.53 Å². The first-order valence-electron chi connectivity index (χ1n) is 11.8. The first kappa shape index (κ1) is 23.7. The molecular formula is C29H26Cl2N2O2. The van der Waals surface area contributed by atoms with Crippen molar-refractivity contribution >= 4 is 40.9 Å². The molecule has 1 saturated carbocycles. The van der Waals surface area contributed by atoms with Gasteiger partial charge in [-0.25, -0.2) is 5.01 Å². The molecule has 6 heteroatoms. The van der Waals surface area contributed by atoms with Crippen LogP contribution in [0.15, 0.2) is 83.5 Å². The fourth-order valence-corrected chi connectivity index (χ4v) is 5.13. The Kier molecular flexibility index (Phi) is 6.94. The van der Waals surface area contributed by atoms with Crippen molar-refractivity contribution in [2.24, 2.45) is 11.0 Å². The molecular weight excluding hydrogens is 479 g/mol. The van der Waals surface area contributed by atoms with Gasteiger partial charge >= 0.3 is 0 Å². The minimum absolute atomic E-state index is 0.0761. The second-order valence-corrected chi connectivity index (χ2v) is 9.92. The zero-order valence-corrected chi connectivity index (χ0v) is 21.0. The summed E-state index contributed by atoms with van der Waals surface area (Å²) in [7, 11) is 0. The van der Waals surface area contributed by atoms with E-state index in [1.807, 2.05) is 79.7 Å². The van der Waals surface area contributed by atoms with E-state index in [-0.39, 0.29) is 24.5 Å². The molecule has 2 atom stereocenters. The Labute approximate surface area is 215 Å². The summed E-state index contributed by atoms with van der Waals surface area (Å²) in [6.45, 7) is 1.92. The van der Waals surface area contributed by atoms with Crippen molar-refractivity contribution in [2.75, 3.05) is 6.61 Å². The fraction of sp³-hybridized carbons (Fsp3) is 0.241. The Hall–Kier alpha value is -3.08. The van der Waals surface area contributed by atoms with Gasteiger partial charge in [-0.1, -0.05) is 59.6 Å². The van der Waals surface area contributed by atoms with Gasteiger partial charge in [0.25, 0.3) is 5.91 Å². The van der Waals surface area contributed by atoms with E-state index in [9.17, 15) is 4.79 Å². The second-order valence-electron chi connectivity index (χ2n) is 9.04. The molecule has 0 saturated heterocycles. The molecule has 178 valence electrons. The number of rotatable bonds is 5. The van der Waals surface area contributed by atoms with Gasteiger partial charge in [0.15, 0.2) is 6.61 Å². The quantitative estimate of drug-likeness (QED) is 0.360. The van der Waals surface area contributed by atoms with Gasteiger partial charge in [-0.3, -0.25) is 4.79 Å².